The largest absolute Gasteiger partial charge is 0.478 e. The highest BCUT2D eigenvalue weighted by Gasteiger charge is 2.20. The van der Waals surface area contributed by atoms with Crippen molar-refractivity contribution in [1.82, 2.24) is 10.1 Å². The lowest BCUT2D eigenvalue weighted by Crippen LogP contribution is -2.32. The average molecular weight is 329 g/mol. The molecule has 2 heterocycles. The summed E-state index contributed by atoms with van der Waals surface area (Å²) >= 11 is 0. The number of carbonyl (C=O) groups is 1. The molecule has 6 nitrogen and oxygen atoms in total. The summed E-state index contributed by atoms with van der Waals surface area (Å²) in [4.78, 5) is 16.5. The SMILES string of the molecule is CC[C@@H](Oc1ccccc1F)C(=O)Nc1cnc2onc(C)c2c1. The molecule has 0 aliphatic rings. The molecule has 3 aromatic rings. The molecule has 0 unspecified atom stereocenters. The molecule has 0 spiro atoms. The molecule has 2 aromatic heterocycles. The second-order valence-corrected chi connectivity index (χ2v) is 5.28. The number of anilines is 1. The van der Waals surface area contributed by atoms with Gasteiger partial charge in [0.2, 0.25) is 0 Å². The number of benzene rings is 1. The highest BCUT2D eigenvalue weighted by molar-refractivity contribution is 5.95. The molecular weight excluding hydrogens is 313 g/mol. The Morgan fingerprint density at radius 3 is 2.96 bits per heavy atom. The topological polar surface area (TPSA) is 77.2 Å². The van der Waals surface area contributed by atoms with Gasteiger partial charge in [0.25, 0.3) is 11.6 Å². The van der Waals surface area contributed by atoms with Crippen LogP contribution in [0.1, 0.15) is 19.0 Å². The van der Waals surface area contributed by atoms with E-state index < -0.39 is 11.9 Å². The van der Waals surface area contributed by atoms with Crippen LogP contribution in [0.4, 0.5) is 10.1 Å². The van der Waals surface area contributed by atoms with Gasteiger partial charge in [-0.2, -0.15) is 0 Å². The molecule has 7 heteroatoms. The molecular formula is C17H16FN3O3. The van der Waals surface area contributed by atoms with Gasteiger partial charge in [0.05, 0.1) is 23.0 Å². The maximum absolute atomic E-state index is 13.7. The number of hydrogen-bond acceptors (Lipinski definition) is 5. The molecule has 124 valence electrons. The normalized spacial score (nSPS) is 12.1. The minimum Gasteiger partial charge on any atom is -0.478 e. The highest BCUT2D eigenvalue weighted by atomic mass is 19.1. The maximum Gasteiger partial charge on any atom is 0.265 e. The first-order valence-corrected chi connectivity index (χ1v) is 7.52. The van der Waals surface area contributed by atoms with Gasteiger partial charge in [-0.05, 0) is 31.5 Å². The van der Waals surface area contributed by atoms with E-state index in [4.69, 9.17) is 9.26 Å². The number of rotatable bonds is 5. The van der Waals surface area contributed by atoms with Crippen molar-refractivity contribution in [2.24, 2.45) is 0 Å². The monoisotopic (exact) mass is 329 g/mol. The van der Waals surface area contributed by atoms with E-state index >= 15 is 0 Å². The summed E-state index contributed by atoms with van der Waals surface area (Å²) in [5.41, 5.74) is 1.58. The van der Waals surface area contributed by atoms with Crippen LogP contribution in [0.2, 0.25) is 0 Å². The maximum atomic E-state index is 13.7. The number of para-hydroxylation sites is 1. The lowest BCUT2D eigenvalue weighted by atomic mass is 10.2. The summed E-state index contributed by atoms with van der Waals surface area (Å²) < 4.78 is 24.2. The first-order valence-electron chi connectivity index (χ1n) is 7.52. The Bertz CT molecular complexity index is 878. The Hall–Kier alpha value is -2.96. The standard InChI is InChI=1S/C17H16FN3O3/c1-3-14(23-15-7-5-4-6-13(15)18)16(22)20-11-8-12-10(2)21-24-17(12)19-9-11/h4-9,14H,3H2,1-2H3,(H,20,22)/t14-/m1/s1. The number of halogens is 1. The molecule has 0 aliphatic carbocycles. The van der Waals surface area contributed by atoms with Crippen molar-refractivity contribution in [2.45, 2.75) is 26.4 Å². The van der Waals surface area contributed by atoms with Crippen molar-refractivity contribution in [3.05, 3.63) is 48.0 Å². The molecule has 1 aromatic carbocycles. The quantitative estimate of drug-likeness (QED) is 0.775. The Labute approximate surface area is 137 Å². The molecule has 3 rings (SSSR count). The van der Waals surface area contributed by atoms with Gasteiger partial charge < -0.3 is 14.6 Å². The van der Waals surface area contributed by atoms with Gasteiger partial charge in [-0.25, -0.2) is 9.37 Å². The number of ether oxygens (including phenoxy) is 1. The predicted octanol–water partition coefficient (Wildman–Crippen LogP) is 3.47. The number of fused-ring (bicyclic) bond motifs is 1. The highest BCUT2D eigenvalue weighted by Crippen LogP contribution is 2.21. The van der Waals surface area contributed by atoms with E-state index in [1.165, 1.54) is 18.3 Å². The fourth-order valence-electron chi connectivity index (χ4n) is 2.25. The van der Waals surface area contributed by atoms with E-state index in [-0.39, 0.29) is 11.7 Å². The number of hydrogen-bond donors (Lipinski definition) is 1. The molecule has 1 N–H and O–H groups in total. The zero-order valence-electron chi connectivity index (χ0n) is 13.2. The summed E-state index contributed by atoms with van der Waals surface area (Å²) in [7, 11) is 0. The van der Waals surface area contributed by atoms with E-state index in [1.807, 2.05) is 0 Å². The molecule has 0 saturated carbocycles. The minimum atomic E-state index is -0.818. The third-order valence-electron chi connectivity index (χ3n) is 3.55. The van der Waals surface area contributed by atoms with Crippen molar-refractivity contribution in [3.63, 3.8) is 0 Å². The van der Waals surface area contributed by atoms with Gasteiger partial charge >= 0.3 is 0 Å². The number of nitrogens with one attached hydrogen (secondary N) is 1. The Morgan fingerprint density at radius 2 is 2.21 bits per heavy atom. The van der Waals surface area contributed by atoms with Gasteiger partial charge in [-0.1, -0.05) is 24.2 Å². The van der Waals surface area contributed by atoms with Crippen molar-refractivity contribution in [1.29, 1.82) is 0 Å². The van der Waals surface area contributed by atoms with E-state index in [1.54, 1.807) is 32.0 Å². The molecule has 0 saturated heterocycles. The third kappa shape index (κ3) is 3.19. The first-order chi connectivity index (χ1) is 11.6. The van der Waals surface area contributed by atoms with E-state index in [0.29, 0.717) is 23.5 Å². The van der Waals surface area contributed by atoms with Crippen LogP contribution in [0.5, 0.6) is 5.75 Å². The number of aromatic nitrogens is 2. The van der Waals surface area contributed by atoms with Crippen molar-refractivity contribution >= 4 is 22.7 Å². The molecule has 0 bridgehead atoms. The zero-order valence-corrected chi connectivity index (χ0v) is 13.2. The number of aryl methyl sites for hydroxylation is 1. The zero-order chi connectivity index (χ0) is 17.1. The van der Waals surface area contributed by atoms with Gasteiger partial charge in [0.15, 0.2) is 17.7 Å². The molecule has 0 fully saturated rings. The lowest BCUT2D eigenvalue weighted by Gasteiger charge is -2.17. The van der Waals surface area contributed by atoms with Crippen LogP contribution >= 0.6 is 0 Å². The molecule has 1 atom stereocenters. The summed E-state index contributed by atoms with van der Waals surface area (Å²) in [5.74, 6) is -0.842. The molecule has 0 radical (unpaired) electrons. The number of amides is 1. The number of carbonyl (C=O) groups excluding carboxylic acids is 1. The van der Waals surface area contributed by atoms with Gasteiger partial charge in [-0.15, -0.1) is 0 Å². The van der Waals surface area contributed by atoms with E-state index in [2.05, 4.69) is 15.5 Å². The molecule has 1 amide bonds. The van der Waals surface area contributed by atoms with Crippen molar-refractivity contribution < 1.29 is 18.4 Å². The van der Waals surface area contributed by atoms with E-state index in [0.717, 1.165) is 5.39 Å². The minimum absolute atomic E-state index is 0.0444. The van der Waals surface area contributed by atoms with Gasteiger partial charge in [0, 0.05) is 0 Å². The fourth-order valence-corrected chi connectivity index (χ4v) is 2.25. The second-order valence-electron chi connectivity index (χ2n) is 5.28. The Balaban J connectivity index is 1.76. The summed E-state index contributed by atoms with van der Waals surface area (Å²) in [6.07, 6.45) is 1.05. The lowest BCUT2D eigenvalue weighted by molar-refractivity contribution is -0.122. The summed E-state index contributed by atoms with van der Waals surface area (Å²) in [6, 6.07) is 7.70. The number of nitrogens with zero attached hydrogens (tertiary/aromatic N) is 2. The van der Waals surface area contributed by atoms with Crippen LogP contribution in [0, 0.1) is 12.7 Å². The Kier molecular flexibility index (Phi) is 4.41. The van der Waals surface area contributed by atoms with Gasteiger partial charge in [0.1, 0.15) is 0 Å². The van der Waals surface area contributed by atoms with Crippen LogP contribution in [-0.2, 0) is 4.79 Å². The van der Waals surface area contributed by atoms with Crippen LogP contribution in [0.3, 0.4) is 0 Å². The smallest absolute Gasteiger partial charge is 0.265 e. The van der Waals surface area contributed by atoms with Crippen LogP contribution in [-0.4, -0.2) is 22.2 Å². The summed E-state index contributed by atoms with van der Waals surface area (Å²) in [5, 5.41) is 7.26. The van der Waals surface area contributed by atoms with Crippen molar-refractivity contribution in [2.75, 3.05) is 5.32 Å². The first kappa shape index (κ1) is 15.9. The fraction of sp³-hybridized carbons (Fsp3) is 0.235. The number of pyridine rings is 1. The van der Waals surface area contributed by atoms with Gasteiger partial charge in [-0.3, -0.25) is 4.79 Å². The summed E-state index contributed by atoms with van der Waals surface area (Å²) in [6.45, 7) is 3.58. The second kappa shape index (κ2) is 6.66. The molecule has 0 aliphatic heterocycles. The van der Waals surface area contributed by atoms with Crippen molar-refractivity contribution in [3.8, 4) is 5.75 Å². The van der Waals surface area contributed by atoms with Crippen LogP contribution in [0.25, 0.3) is 11.1 Å². The van der Waals surface area contributed by atoms with Crippen LogP contribution < -0.4 is 10.1 Å². The predicted molar refractivity (Wildman–Crippen MR) is 86.3 cm³/mol. The Morgan fingerprint density at radius 1 is 1.42 bits per heavy atom. The third-order valence-corrected chi connectivity index (χ3v) is 3.55. The van der Waals surface area contributed by atoms with E-state index in [9.17, 15) is 9.18 Å². The molecule has 24 heavy (non-hydrogen) atoms. The average Bonchev–Trinajstić information content (AvgIpc) is 2.95. The van der Waals surface area contributed by atoms with Crippen LogP contribution in [0.15, 0.2) is 41.1 Å².